The molecular formula is C23H26O2Ti. The Labute approximate surface area is 162 Å². The fraction of sp³-hybridized carbons (Fsp3) is 0.261. The number of fused-ring (bicyclic) bond motifs is 3. The maximum absolute atomic E-state index is 8.25. The van der Waals surface area contributed by atoms with Crippen LogP contribution in [0.4, 0.5) is 0 Å². The summed E-state index contributed by atoms with van der Waals surface area (Å²) in [4.78, 5) is 0. The van der Waals surface area contributed by atoms with Crippen molar-refractivity contribution in [1.82, 2.24) is 0 Å². The third kappa shape index (κ3) is 4.05. The Hall–Kier alpha value is -1.58. The molecule has 0 N–H and O–H groups in total. The van der Waals surface area contributed by atoms with Crippen molar-refractivity contribution in [2.45, 2.75) is 26.7 Å². The molecule has 0 amide bonds. The largest absolute Gasteiger partial charge is 0.857 e. The Balaban J connectivity index is 0.000000570. The van der Waals surface area contributed by atoms with Crippen LogP contribution in [0.3, 0.4) is 0 Å². The number of allylic oxidation sites excluding steroid dienone is 4. The molecule has 0 aromatic heterocycles. The second-order valence-electron chi connectivity index (χ2n) is 6.36. The first-order valence-electron chi connectivity index (χ1n) is 8.81. The number of benzene rings is 2. The molecule has 2 aromatic carbocycles. The Morgan fingerprint density at radius 2 is 1.58 bits per heavy atom. The van der Waals surface area contributed by atoms with E-state index in [9.17, 15) is 0 Å². The van der Waals surface area contributed by atoms with Gasteiger partial charge >= 0.3 is 139 Å². The van der Waals surface area contributed by atoms with Crippen LogP contribution in [-0.4, -0.2) is 18.0 Å². The van der Waals surface area contributed by atoms with Crippen LogP contribution in [0.25, 0.3) is 11.1 Å². The zero-order valence-corrected chi connectivity index (χ0v) is 17.6. The molecule has 26 heavy (non-hydrogen) atoms. The van der Waals surface area contributed by atoms with Crippen LogP contribution in [0, 0.1) is 0 Å². The maximum Gasteiger partial charge on any atom is -0.153 e. The van der Waals surface area contributed by atoms with E-state index in [1.54, 1.807) is 17.1 Å². The van der Waals surface area contributed by atoms with Gasteiger partial charge in [0.2, 0.25) is 0 Å². The summed E-state index contributed by atoms with van der Waals surface area (Å²) in [6, 6.07) is 15.9. The molecule has 0 spiro atoms. The van der Waals surface area contributed by atoms with E-state index in [4.69, 9.17) is 10.2 Å². The second-order valence-corrected chi connectivity index (χ2v) is 10.9. The molecular weight excluding hydrogens is 356 g/mol. The van der Waals surface area contributed by atoms with Crippen molar-refractivity contribution in [1.29, 1.82) is 0 Å². The molecule has 0 bridgehead atoms. The van der Waals surface area contributed by atoms with E-state index in [1.807, 2.05) is 0 Å². The Bertz CT molecular complexity index is 856. The zero-order chi connectivity index (χ0) is 19.1. The predicted octanol–water partition coefficient (Wildman–Crippen LogP) is 2.51. The van der Waals surface area contributed by atoms with Crippen LogP contribution < -0.4 is 14.1 Å². The summed E-state index contributed by atoms with van der Waals surface area (Å²) >= 11 is -1.51. The average Bonchev–Trinajstić information content (AvgIpc) is 3.33. The summed E-state index contributed by atoms with van der Waals surface area (Å²) in [6.45, 7) is 4.69. The van der Waals surface area contributed by atoms with Gasteiger partial charge < -0.3 is 10.2 Å². The van der Waals surface area contributed by atoms with Crippen LogP contribution in [0.15, 0.2) is 64.6 Å². The van der Waals surface area contributed by atoms with Gasteiger partial charge in [0.15, 0.2) is 0 Å². The quantitative estimate of drug-likeness (QED) is 0.640. The van der Waals surface area contributed by atoms with E-state index in [2.05, 4.69) is 74.5 Å². The number of hydrogen-bond acceptors (Lipinski definition) is 2. The van der Waals surface area contributed by atoms with Crippen molar-refractivity contribution in [3.8, 4) is 11.1 Å². The van der Waals surface area contributed by atoms with Gasteiger partial charge in [-0.15, -0.1) is 0 Å². The SMILES string of the molecule is C[C](C)=[Ti+2]([C]1=CC=CC1)[c]1cccc2c1Cc1ccccc1-2.C[O-].C[O-]. The molecule has 0 saturated carbocycles. The van der Waals surface area contributed by atoms with Crippen molar-refractivity contribution in [3.63, 3.8) is 0 Å². The van der Waals surface area contributed by atoms with Gasteiger partial charge in [-0.05, 0) is 0 Å². The first kappa shape index (κ1) is 20.7. The molecule has 134 valence electrons. The molecule has 0 aliphatic heterocycles. The topological polar surface area (TPSA) is 46.1 Å². The molecule has 3 heteroatoms. The van der Waals surface area contributed by atoms with Crippen molar-refractivity contribution in [3.05, 3.63) is 75.7 Å². The average molecular weight is 382 g/mol. The van der Waals surface area contributed by atoms with Crippen LogP contribution in [0.1, 0.15) is 31.4 Å². The molecule has 2 nitrogen and oxygen atoms in total. The maximum atomic E-state index is 8.25. The fourth-order valence-electron chi connectivity index (χ4n) is 3.79. The Kier molecular flexibility index (Phi) is 7.93. The molecule has 4 rings (SSSR count). The van der Waals surface area contributed by atoms with Crippen LogP contribution >= 0.6 is 0 Å². The molecule has 0 atom stereocenters. The van der Waals surface area contributed by atoms with Gasteiger partial charge in [-0.3, -0.25) is 0 Å². The molecule has 0 unspecified atom stereocenters. The first-order valence-corrected chi connectivity index (χ1v) is 11.2. The van der Waals surface area contributed by atoms with Crippen molar-refractivity contribution in [2.75, 3.05) is 14.2 Å². The molecule has 0 radical (unpaired) electrons. The summed E-state index contributed by atoms with van der Waals surface area (Å²) in [5.74, 6) is 0. The van der Waals surface area contributed by atoms with Gasteiger partial charge in [0.1, 0.15) is 0 Å². The molecule has 0 fully saturated rings. The van der Waals surface area contributed by atoms with E-state index in [-0.39, 0.29) is 0 Å². The molecule has 2 aliphatic rings. The summed E-state index contributed by atoms with van der Waals surface area (Å²) in [5.41, 5.74) is 6.03. The third-order valence-electron chi connectivity index (χ3n) is 4.71. The van der Waals surface area contributed by atoms with Crippen LogP contribution in [0.2, 0.25) is 0 Å². The standard InChI is InChI=1S/C13H9.C5H5.C3H6.2CH3O.Ti/c1-3-7-12-10(5-1)9-11-6-2-4-8-13(11)12;1-2-4-5-3-1;1-3-2;2*1-2;/h1-5,7-8H,9H2;1-3H,4H2;1-2H3;2*1H3;/q;;;2*-1;+2. The molecule has 2 aromatic rings. The third-order valence-corrected chi connectivity index (χ3v) is 9.43. The van der Waals surface area contributed by atoms with Gasteiger partial charge in [-0.2, -0.15) is 14.2 Å². The van der Waals surface area contributed by atoms with Gasteiger partial charge in [0.25, 0.3) is 0 Å². The monoisotopic (exact) mass is 382 g/mol. The number of hydrogen-bond donors (Lipinski definition) is 0. The summed E-state index contributed by atoms with van der Waals surface area (Å²) in [6.07, 6.45) is 9.21. The molecule has 0 saturated heterocycles. The van der Waals surface area contributed by atoms with E-state index in [0.717, 1.165) is 27.1 Å². The molecule has 0 heterocycles. The van der Waals surface area contributed by atoms with Gasteiger partial charge in [0, 0.05) is 0 Å². The summed E-state index contributed by atoms with van der Waals surface area (Å²) in [7, 11) is 1.50. The zero-order valence-electron chi connectivity index (χ0n) is 16.0. The Morgan fingerprint density at radius 1 is 0.885 bits per heavy atom. The normalized spacial score (nSPS) is 12.4. The second kappa shape index (κ2) is 9.94. The minimum Gasteiger partial charge on any atom is -0.857 e. The predicted molar refractivity (Wildman–Crippen MR) is 104 cm³/mol. The van der Waals surface area contributed by atoms with Crippen molar-refractivity contribution >= 4 is 7.68 Å². The minimum atomic E-state index is -1.51. The van der Waals surface area contributed by atoms with Crippen LogP contribution in [0.5, 0.6) is 0 Å². The number of rotatable bonds is 2. The smallest absolute Gasteiger partial charge is 0.153 e. The fourth-order valence-corrected chi connectivity index (χ4v) is 8.32. The minimum absolute atomic E-state index is 0.750. The van der Waals surface area contributed by atoms with Crippen molar-refractivity contribution < 1.29 is 27.6 Å². The van der Waals surface area contributed by atoms with Gasteiger partial charge in [-0.25, -0.2) is 0 Å². The van der Waals surface area contributed by atoms with Gasteiger partial charge in [-0.1, -0.05) is 0 Å². The van der Waals surface area contributed by atoms with E-state index < -0.39 is 17.4 Å². The van der Waals surface area contributed by atoms with Crippen LogP contribution in [-0.2, 0) is 23.8 Å². The summed E-state index contributed by atoms with van der Waals surface area (Å²) < 4.78 is 5.02. The van der Waals surface area contributed by atoms with E-state index >= 15 is 0 Å². The first-order chi connectivity index (χ1) is 12.8. The van der Waals surface area contributed by atoms with E-state index in [1.165, 1.54) is 16.7 Å². The summed E-state index contributed by atoms with van der Waals surface area (Å²) in [5, 5.41) is 16.5. The van der Waals surface area contributed by atoms with Gasteiger partial charge in [0.05, 0.1) is 0 Å². The molecule has 2 aliphatic carbocycles. The van der Waals surface area contributed by atoms with Crippen molar-refractivity contribution in [2.24, 2.45) is 0 Å². The van der Waals surface area contributed by atoms with E-state index in [0.29, 0.717) is 0 Å². The Morgan fingerprint density at radius 3 is 2.23 bits per heavy atom.